The number of anilines is 1. The highest BCUT2D eigenvalue weighted by Crippen LogP contribution is 2.18. The Labute approximate surface area is 153 Å². The van der Waals surface area contributed by atoms with E-state index in [0.29, 0.717) is 6.54 Å². The molecule has 0 spiro atoms. The first-order valence-electron chi connectivity index (χ1n) is 8.38. The molecule has 0 aliphatic carbocycles. The molecule has 0 amide bonds. The van der Waals surface area contributed by atoms with E-state index in [9.17, 15) is 9.90 Å². The molecule has 5 nitrogen and oxygen atoms in total. The molecule has 0 atom stereocenters. The van der Waals surface area contributed by atoms with Crippen molar-refractivity contribution in [1.29, 1.82) is 5.26 Å². The zero-order chi connectivity index (χ0) is 18.8. The smallest absolute Gasteiger partial charge is 0.348 e. The summed E-state index contributed by atoms with van der Waals surface area (Å²) in [6, 6.07) is 19.5. The lowest BCUT2D eigenvalue weighted by molar-refractivity contribution is -0.135. The van der Waals surface area contributed by atoms with Crippen molar-refractivity contribution >= 4 is 17.7 Å². The first kappa shape index (κ1) is 19.2. The zero-order valence-corrected chi connectivity index (χ0v) is 14.8. The van der Waals surface area contributed by atoms with Gasteiger partial charge in [-0.05, 0) is 35.8 Å². The Morgan fingerprint density at radius 1 is 1.15 bits per heavy atom. The fourth-order valence-electron chi connectivity index (χ4n) is 2.59. The minimum atomic E-state index is -0.652. The molecule has 0 saturated heterocycles. The molecule has 5 heteroatoms. The molecule has 134 valence electrons. The minimum Gasteiger partial charge on any atom is -0.465 e. The number of rotatable bonds is 8. The predicted octanol–water partition coefficient (Wildman–Crippen LogP) is 2.81. The van der Waals surface area contributed by atoms with Crippen LogP contribution in [0.15, 0.2) is 60.2 Å². The second-order valence-electron chi connectivity index (χ2n) is 5.70. The first-order valence-corrected chi connectivity index (χ1v) is 8.38. The Balaban J connectivity index is 2.11. The van der Waals surface area contributed by atoms with E-state index in [0.717, 1.165) is 24.2 Å². The number of nitrogens with zero attached hydrogens (tertiary/aromatic N) is 2. The molecular weight excluding hydrogens is 328 g/mol. The van der Waals surface area contributed by atoms with Crippen molar-refractivity contribution in [2.24, 2.45) is 0 Å². The lowest BCUT2D eigenvalue weighted by Gasteiger charge is -2.24. The van der Waals surface area contributed by atoms with E-state index >= 15 is 0 Å². The number of benzene rings is 2. The summed E-state index contributed by atoms with van der Waals surface area (Å²) in [5.74, 6) is -0.652. The Morgan fingerprint density at radius 3 is 2.42 bits per heavy atom. The standard InChI is InChI=1S/C21H22N2O3/c1-26-21(25)19(16-22)15-18-7-9-20(10-8-18)23(13-14-24)12-11-17-5-3-2-4-6-17/h2-10,15,24H,11-14H2,1H3. The Morgan fingerprint density at radius 2 is 1.85 bits per heavy atom. The molecular formula is C21H22N2O3. The number of nitriles is 1. The number of methoxy groups -OCH3 is 1. The first-order chi connectivity index (χ1) is 12.7. The van der Waals surface area contributed by atoms with Gasteiger partial charge in [-0.2, -0.15) is 5.26 Å². The number of hydrogen-bond donors (Lipinski definition) is 1. The Kier molecular flexibility index (Phi) is 7.41. The second kappa shape index (κ2) is 10.0. The van der Waals surface area contributed by atoms with Gasteiger partial charge in [-0.15, -0.1) is 0 Å². The lowest BCUT2D eigenvalue weighted by Crippen LogP contribution is -2.28. The molecule has 1 N–H and O–H groups in total. The fraction of sp³-hybridized carbons (Fsp3) is 0.238. The predicted molar refractivity (Wildman–Crippen MR) is 101 cm³/mol. The molecule has 0 heterocycles. The third kappa shape index (κ3) is 5.47. The second-order valence-corrected chi connectivity index (χ2v) is 5.70. The third-order valence-electron chi connectivity index (χ3n) is 3.98. The number of ether oxygens (including phenoxy) is 1. The summed E-state index contributed by atoms with van der Waals surface area (Å²) in [4.78, 5) is 13.6. The molecule has 0 aliphatic heterocycles. The Hall–Kier alpha value is -3.10. The van der Waals surface area contributed by atoms with E-state index in [1.165, 1.54) is 18.7 Å². The van der Waals surface area contributed by atoms with Crippen LogP contribution in [0.25, 0.3) is 6.08 Å². The number of aliphatic hydroxyl groups excluding tert-OH is 1. The summed E-state index contributed by atoms with van der Waals surface area (Å²) in [5.41, 5.74) is 2.91. The maximum atomic E-state index is 11.5. The van der Waals surface area contributed by atoms with Crippen molar-refractivity contribution in [3.05, 3.63) is 71.3 Å². The number of hydrogen-bond acceptors (Lipinski definition) is 5. The van der Waals surface area contributed by atoms with Gasteiger partial charge in [0.15, 0.2) is 0 Å². The minimum absolute atomic E-state index is 0.0449. The van der Waals surface area contributed by atoms with E-state index in [4.69, 9.17) is 5.26 Å². The van der Waals surface area contributed by atoms with Gasteiger partial charge < -0.3 is 14.7 Å². The number of esters is 1. The van der Waals surface area contributed by atoms with E-state index in [1.54, 1.807) is 0 Å². The molecule has 0 saturated carbocycles. The lowest BCUT2D eigenvalue weighted by atomic mass is 10.1. The molecule has 0 fully saturated rings. The molecule has 0 bridgehead atoms. The average molecular weight is 350 g/mol. The van der Waals surface area contributed by atoms with Crippen LogP contribution in [0, 0.1) is 11.3 Å². The van der Waals surface area contributed by atoms with Crippen molar-refractivity contribution in [3.63, 3.8) is 0 Å². The monoisotopic (exact) mass is 350 g/mol. The third-order valence-corrected chi connectivity index (χ3v) is 3.98. The van der Waals surface area contributed by atoms with Crippen LogP contribution in [0.1, 0.15) is 11.1 Å². The van der Waals surface area contributed by atoms with Crippen LogP contribution in [-0.2, 0) is 16.0 Å². The topological polar surface area (TPSA) is 73.6 Å². The summed E-state index contributed by atoms with van der Waals surface area (Å²) >= 11 is 0. The normalized spacial score (nSPS) is 10.9. The van der Waals surface area contributed by atoms with Crippen molar-refractivity contribution in [1.82, 2.24) is 0 Å². The van der Waals surface area contributed by atoms with Crippen LogP contribution in [-0.4, -0.2) is 37.9 Å². The quantitative estimate of drug-likeness (QED) is 0.450. The van der Waals surface area contributed by atoms with Gasteiger partial charge in [-0.25, -0.2) is 4.79 Å². The van der Waals surface area contributed by atoms with Gasteiger partial charge in [0.1, 0.15) is 11.6 Å². The van der Waals surface area contributed by atoms with Crippen LogP contribution in [0.3, 0.4) is 0 Å². The van der Waals surface area contributed by atoms with Crippen molar-refractivity contribution in [3.8, 4) is 6.07 Å². The highest BCUT2D eigenvalue weighted by Gasteiger charge is 2.09. The maximum absolute atomic E-state index is 11.5. The highest BCUT2D eigenvalue weighted by molar-refractivity contribution is 5.97. The molecule has 2 rings (SSSR count). The zero-order valence-electron chi connectivity index (χ0n) is 14.8. The van der Waals surface area contributed by atoms with Gasteiger partial charge in [-0.1, -0.05) is 42.5 Å². The van der Waals surface area contributed by atoms with Crippen LogP contribution in [0.4, 0.5) is 5.69 Å². The van der Waals surface area contributed by atoms with E-state index in [1.807, 2.05) is 48.5 Å². The molecule has 2 aromatic carbocycles. The van der Waals surface area contributed by atoms with Crippen LogP contribution in [0.5, 0.6) is 0 Å². The van der Waals surface area contributed by atoms with Crippen LogP contribution >= 0.6 is 0 Å². The van der Waals surface area contributed by atoms with Crippen LogP contribution in [0.2, 0.25) is 0 Å². The van der Waals surface area contributed by atoms with Gasteiger partial charge in [0.2, 0.25) is 0 Å². The van der Waals surface area contributed by atoms with Crippen LogP contribution < -0.4 is 4.90 Å². The fourth-order valence-corrected chi connectivity index (χ4v) is 2.59. The molecule has 2 aromatic rings. The van der Waals surface area contributed by atoms with Crippen molar-refractivity contribution in [2.45, 2.75) is 6.42 Å². The van der Waals surface area contributed by atoms with Crippen molar-refractivity contribution < 1.29 is 14.6 Å². The summed E-state index contributed by atoms with van der Waals surface area (Å²) in [5, 5.41) is 18.4. The van der Waals surface area contributed by atoms with E-state index < -0.39 is 5.97 Å². The number of carbonyl (C=O) groups excluding carboxylic acids is 1. The largest absolute Gasteiger partial charge is 0.465 e. The SMILES string of the molecule is COC(=O)C(C#N)=Cc1ccc(N(CCO)CCc2ccccc2)cc1. The van der Waals surface area contributed by atoms with E-state index in [-0.39, 0.29) is 12.2 Å². The van der Waals surface area contributed by atoms with Gasteiger partial charge in [0.05, 0.1) is 13.7 Å². The molecule has 0 radical (unpaired) electrons. The number of aliphatic hydroxyl groups is 1. The Bertz CT molecular complexity index is 777. The summed E-state index contributed by atoms with van der Waals surface area (Å²) in [7, 11) is 1.25. The van der Waals surface area contributed by atoms with E-state index in [2.05, 4.69) is 21.8 Å². The molecule has 0 unspecified atom stereocenters. The molecule has 0 aliphatic rings. The molecule has 0 aromatic heterocycles. The summed E-state index contributed by atoms with van der Waals surface area (Å²) < 4.78 is 4.58. The summed E-state index contributed by atoms with van der Waals surface area (Å²) in [6.45, 7) is 1.39. The van der Waals surface area contributed by atoms with Crippen molar-refractivity contribution in [2.75, 3.05) is 31.7 Å². The maximum Gasteiger partial charge on any atom is 0.348 e. The average Bonchev–Trinajstić information content (AvgIpc) is 2.70. The van der Waals surface area contributed by atoms with Gasteiger partial charge in [-0.3, -0.25) is 0 Å². The highest BCUT2D eigenvalue weighted by atomic mass is 16.5. The number of carbonyl (C=O) groups is 1. The molecule has 26 heavy (non-hydrogen) atoms. The summed E-state index contributed by atoms with van der Waals surface area (Å²) in [6.07, 6.45) is 2.37. The van der Waals surface area contributed by atoms with Gasteiger partial charge >= 0.3 is 5.97 Å². The van der Waals surface area contributed by atoms with Gasteiger partial charge in [0, 0.05) is 18.8 Å². The van der Waals surface area contributed by atoms with Gasteiger partial charge in [0.25, 0.3) is 0 Å².